The van der Waals surface area contributed by atoms with E-state index in [2.05, 4.69) is 28.6 Å². The SMILES string of the molecule is Cc1c(Cl)cccc1CC(=O)CC(CCCO)c1nnc(CCCC(C)C)n1C1CC1. The second kappa shape index (κ2) is 11.2. The van der Waals surface area contributed by atoms with Gasteiger partial charge in [0.1, 0.15) is 17.4 Å². The summed E-state index contributed by atoms with van der Waals surface area (Å²) in [6, 6.07) is 6.20. The maximum Gasteiger partial charge on any atom is 0.138 e. The summed E-state index contributed by atoms with van der Waals surface area (Å²) >= 11 is 6.23. The van der Waals surface area contributed by atoms with E-state index in [1.807, 2.05) is 25.1 Å². The monoisotopic (exact) mass is 445 g/mol. The number of aryl methyl sites for hydroxylation is 1. The van der Waals surface area contributed by atoms with Gasteiger partial charge in [-0.1, -0.05) is 44.0 Å². The van der Waals surface area contributed by atoms with Crippen LogP contribution in [0.2, 0.25) is 5.02 Å². The molecule has 1 atom stereocenters. The molecule has 1 saturated carbocycles. The highest BCUT2D eigenvalue weighted by atomic mass is 35.5. The Morgan fingerprint density at radius 1 is 1.23 bits per heavy atom. The summed E-state index contributed by atoms with van der Waals surface area (Å²) in [5.41, 5.74) is 1.95. The number of benzene rings is 1. The molecule has 2 aromatic rings. The van der Waals surface area contributed by atoms with E-state index in [0.29, 0.717) is 36.2 Å². The highest BCUT2D eigenvalue weighted by molar-refractivity contribution is 6.31. The minimum atomic E-state index is -0.00825. The average Bonchev–Trinajstić information content (AvgIpc) is 3.48. The van der Waals surface area contributed by atoms with Crippen molar-refractivity contribution in [3.63, 3.8) is 0 Å². The summed E-state index contributed by atoms with van der Waals surface area (Å²) in [5, 5.41) is 19.2. The Morgan fingerprint density at radius 2 is 2.00 bits per heavy atom. The fraction of sp³-hybridized carbons (Fsp3) is 0.640. The van der Waals surface area contributed by atoms with Gasteiger partial charge in [0.15, 0.2) is 0 Å². The number of rotatable bonds is 13. The Labute approximate surface area is 191 Å². The lowest BCUT2D eigenvalue weighted by atomic mass is 9.92. The van der Waals surface area contributed by atoms with E-state index in [0.717, 1.165) is 54.9 Å². The smallest absolute Gasteiger partial charge is 0.138 e. The zero-order valence-electron chi connectivity index (χ0n) is 19.1. The maximum absolute atomic E-state index is 13.0. The first-order valence-electron chi connectivity index (χ1n) is 11.7. The molecule has 1 aliphatic carbocycles. The number of hydrogen-bond acceptors (Lipinski definition) is 4. The predicted molar refractivity (Wildman–Crippen MR) is 125 cm³/mol. The first kappa shape index (κ1) is 23.9. The Morgan fingerprint density at radius 3 is 2.68 bits per heavy atom. The number of hydrogen-bond donors (Lipinski definition) is 1. The van der Waals surface area contributed by atoms with Gasteiger partial charge in [-0.3, -0.25) is 4.79 Å². The summed E-state index contributed by atoms with van der Waals surface area (Å²) in [6.45, 7) is 6.57. The molecule has 1 aromatic heterocycles. The van der Waals surface area contributed by atoms with Crippen molar-refractivity contribution >= 4 is 17.4 Å². The topological polar surface area (TPSA) is 68.0 Å². The van der Waals surface area contributed by atoms with E-state index in [9.17, 15) is 9.90 Å². The van der Waals surface area contributed by atoms with Gasteiger partial charge in [-0.15, -0.1) is 10.2 Å². The third-order valence-electron chi connectivity index (χ3n) is 6.20. The number of nitrogens with zero attached hydrogens (tertiary/aromatic N) is 3. The summed E-state index contributed by atoms with van der Waals surface area (Å²) in [5.74, 6) is 2.85. The number of carbonyl (C=O) groups excluding carboxylic acids is 1. The first-order chi connectivity index (χ1) is 14.9. The van der Waals surface area contributed by atoms with Crippen LogP contribution >= 0.6 is 11.6 Å². The van der Waals surface area contributed by atoms with Gasteiger partial charge in [0.25, 0.3) is 0 Å². The molecule has 1 aliphatic rings. The number of aliphatic hydroxyl groups excluding tert-OH is 1. The van der Waals surface area contributed by atoms with E-state index in [1.165, 1.54) is 6.42 Å². The van der Waals surface area contributed by atoms with Gasteiger partial charge in [-0.05, 0) is 62.1 Å². The van der Waals surface area contributed by atoms with Crippen LogP contribution in [-0.4, -0.2) is 32.3 Å². The number of carbonyl (C=O) groups is 1. The fourth-order valence-corrected chi connectivity index (χ4v) is 4.44. The molecular weight excluding hydrogens is 410 g/mol. The molecule has 0 spiro atoms. The molecule has 1 unspecified atom stereocenters. The second-order valence-electron chi connectivity index (χ2n) is 9.37. The van der Waals surface area contributed by atoms with E-state index in [4.69, 9.17) is 11.6 Å². The summed E-state index contributed by atoms with van der Waals surface area (Å²) < 4.78 is 2.32. The largest absolute Gasteiger partial charge is 0.396 e. The molecule has 31 heavy (non-hydrogen) atoms. The first-order valence-corrected chi connectivity index (χ1v) is 12.1. The van der Waals surface area contributed by atoms with Crippen LogP contribution in [0.3, 0.4) is 0 Å². The average molecular weight is 446 g/mol. The molecule has 6 heteroatoms. The van der Waals surface area contributed by atoms with Crippen molar-refractivity contribution in [3.05, 3.63) is 46.0 Å². The van der Waals surface area contributed by atoms with Crippen LogP contribution in [0.1, 0.15) is 93.5 Å². The molecule has 1 heterocycles. The quantitative estimate of drug-likeness (QED) is 0.435. The third kappa shape index (κ3) is 6.63. The van der Waals surface area contributed by atoms with Crippen LogP contribution < -0.4 is 0 Å². The number of halogens is 1. The highest BCUT2D eigenvalue weighted by Crippen LogP contribution is 2.40. The molecule has 1 aromatic carbocycles. The van der Waals surface area contributed by atoms with Crippen molar-refractivity contribution in [1.82, 2.24) is 14.8 Å². The van der Waals surface area contributed by atoms with E-state index < -0.39 is 0 Å². The number of aliphatic hydroxyl groups is 1. The van der Waals surface area contributed by atoms with Crippen LogP contribution in [0.5, 0.6) is 0 Å². The van der Waals surface area contributed by atoms with Crippen molar-refractivity contribution in [2.24, 2.45) is 5.92 Å². The summed E-state index contributed by atoms with van der Waals surface area (Å²) in [7, 11) is 0. The standard InChI is InChI=1S/C25H36ClN3O2/c1-17(2)7-4-11-24-27-28-25(29(24)21-12-13-21)20(9-6-14-30)16-22(31)15-19-8-5-10-23(26)18(19)3/h5,8,10,17,20-21,30H,4,6-7,9,11-16H2,1-3H3. The minimum Gasteiger partial charge on any atom is -0.396 e. The van der Waals surface area contributed by atoms with Gasteiger partial charge >= 0.3 is 0 Å². The third-order valence-corrected chi connectivity index (χ3v) is 6.61. The fourth-order valence-electron chi connectivity index (χ4n) is 4.25. The van der Waals surface area contributed by atoms with Gasteiger partial charge in [0, 0.05) is 42.9 Å². The maximum atomic E-state index is 13.0. The minimum absolute atomic E-state index is 0.00825. The zero-order valence-corrected chi connectivity index (χ0v) is 19.9. The number of ketones is 1. The van der Waals surface area contributed by atoms with Gasteiger partial charge < -0.3 is 9.67 Å². The Bertz CT molecular complexity index is 874. The molecule has 0 radical (unpaired) electrons. The Balaban J connectivity index is 1.76. The molecule has 0 saturated heterocycles. The van der Waals surface area contributed by atoms with Gasteiger partial charge in [-0.2, -0.15) is 0 Å². The molecule has 0 amide bonds. The lowest BCUT2D eigenvalue weighted by Crippen LogP contribution is -2.16. The van der Waals surface area contributed by atoms with Crippen molar-refractivity contribution in [3.8, 4) is 0 Å². The Hall–Kier alpha value is -1.72. The van der Waals surface area contributed by atoms with Gasteiger partial charge in [-0.25, -0.2) is 0 Å². The van der Waals surface area contributed by atoms with Crippen molar-refractivity contribution < 1.29 is 9.90 Å². The number of Topliss-reactive ketones (excluding diaryl/α,β-unsaturated/α-hetero) is 1. The van der Waals surface area contributed by atoms with Gasteiger partial charge in [0.2, 0.25) is 0 Å². The Kier molecular flexibility index (Phi) is 8.67. The molecule has 170 valence electrons. The van der Waals surface area contributed by atoms with Crippen LogP contribution in [-0.2, 0) is 17.6 Å². The molecule has 3 rings (SSSR count). The van der Waals surface area contributed by atoms with Crippen molar-refractivity contribution in [1.29, 1.82) is 0 Å². The van der Waals surface area contributed by atoms with Crippen LogP contribution in [0.4, 0.5) is 0 Å². The number of aromatic nitrogens is 3. The molecular formula is C25H36ClN3O2. The molecule has 1 N–H and O–H groups in total. The lowest BCUT2D eigenvalue weighted by molar-refractivity contribution is -0.118. The van der Waals surface area contributed by atoms with E-state index >= 15 is 0 Å². The zero-order chi connectivity index (χ0) is 22.4. The molecule has 1 fully saturated rings. The lowest BCUT2D eigenvalue weighted by Gasteiger charge is -2.18. The molecule has 5 nitrogen and oxygen atoms in total. The van der Waals surface area contributed by atoms with Gasteiger partial charge in [0.05, 0.1) is 0 Å². The van der Waals surface area contributed by atoms with E-state index in [1.54, 1.807) is 0 Å². The van der Waals surface area contributed by atoms with Crippen LogP contribution in [0, 0.1) is 12.8 Å². The molecule has 0 bridgehead atoms. The van der Waals surface area contributed by atoms with Crippen LogP contribution in [0.25, 0.3) is 0 Å². The summed E-state index contributed by atoms with van der Waals surface area (Å²) in [4.78, 5) is 13.0. The van der Waals surface area contributed by atoms with Crippen molar-refractivity contribution in [2.45, 2.75) is 90.5 Å². The summed E-state index contributed by atoms with van der Waals surface area (Å²) in [6.07, 6.45) is 7.74. The predicted octanol–water partition coefficient (Wildman–Crippen LogP) is 5.61. The normalized spacial score (nSPS) is 14.9. The van der Waals surface area contributed by atoms with E-state index in [-0.39, 0.29) is 18.3 Å². The highest BCUT2D eigenvalue weighted by Gasteiger charge is 2.32. The van der Waals surface area contributed by atoms with Crippen LogP contribution in [0.15, 0.2) is 18.2 Å². The van der Waals surface area contributed by atoms with Crippen molar-refractivity contribution in [2.75, 3.05) is 6.61 Å². The second-order valence-corrected chi connectivity index (χ2v) is 9.78. The molecule has 0 aliphatic heterocycles.